The van der Waals surface area contributed by atoms with Gasteiger partial charge in [0.25, 0.3) is 0 Å². The highest BCUT2D eigenvalue weighted by molar-refractivity contribution is 9.10. The van der Waals surface area contributed by atoms with E-state index in [0.29, 0.717) is 10.9 Å². The van der Waals surface area contributed by atoms with E-state index in [9.17, 15) is 0 Å². The van der Waals surface area contributed by atoms with Gasteiger partial charge in [-0.2, -0.15) is 0 Å². The van der Waals surface area contributed by atoms with Crippen LogP contribution < -0.4 is 10.1 Å². The molecule has 1 saturated heterocycles. The predicted octanol–water partition coefficient (Wildman–Crippen LogP) is 2.24. The average molecular weight is 278 g/mol. The van der Waals surface area contributed by atoms with E-state index in [-0.39, 0.29) is 6.10 Å². The number of rotatable bonds is 2. The van der Waals surface area contributed by atoms with Gasteiger partial charge in [-0.25, -0.2) is 4.98 Å². The minimum absolute atomic E-state index is 0.232. The molecule has 0 spiro atoms. The standard InChI is InChI=1S/C9H10BrClN2O/c10-7-3-9(13-5-8(7)11)14-6-1-2-12-4-6/h3,5-6,12H,1-2,4H2/t6-/m1/s1. The summed E-state index contributed by atoms with van der Waals surface area (Å²) in [6.45, 7) is 1.90. The van der Waals surface area contributed by atoms with Crippen LogP contribution in [0.5, 0.6) is 5.88 Å². The summed E-state index contributed by atoms with van der Waals surface area (Å²) in [5.74, 6) is 0.620. The zero-order chi connectivity index (χ0) is 9.97. The Kier molecular flexibility index (Phi) is 3.26. The molecule has 1 N–H and O–H groups in total. The Bertz CT molecular complexity index is 329. The van der Waals surface area contributed by atoms with Gasteiger partial charge in [-0.05, 0) is 28.9 Å². The molecule has 1 aliphatic rings. The molecule has 0 radical (unpaired) electrons. The van der Waals surface area contributed by atoms with Crippen LogP contribution in [-0.2, 0) is 0 Å². The van der Waals surface area contributed by atoms with Crippen molar-refractivity contribution in [3.63, 3.8) is 0 Å². The van der Waals surface area contributed by atoms with E-state index in [4.69, 9.17) is 16.3 Å². The van der Waals surface area contributed by atoms with E-state index in [1.54, 1.807) is 12.3 Å². The van der Waals surface area contributed by atoms with Crippen molar-refractivity contribution >= 4 is 27.5 Å². The molecule has 0 aliphatic carbocycles. The molecule has 1 aromatic heterocycles. The zero-order valence-electron chi connectivity index (χ0n) is 7.46. The van der Waals surface area contributed by atoms with Gasteiger partial charge in [0, 0.05) is 17.1 Å². The molecule has 2 heterocycles. The molecule has 0 bridgehead atoms. The predicted molar refractivity (Wildman–Crippen MR) is 58.8 cm³/mol. The minimum atomic E-state index is 0.232. The first-order valence-electron chi connectivity index (χ1n) is 4.44. The van der Waals surface area contributed by atoms with Gasteiger partial charge in [-0.15, -0.1) is 0 Å². The van der Waals surface area contributed by atoms with Gasteiger partial charge in [-0.3, -0.25) is 0 Å². The Morgan fingerprint density at radius 2 is 2.50 bits per heavy atom. The third-order valence-corrected chi connectivity index (χ3v) is 3.27. The lowest BCUT2D eigenvalue weighted by Crippen LogP contribution is -2.19. The van der Waals surface area contributed by atoms with Crippen molar-refractivity contribution in [2.45, 2.75) is 12.5 Å². The Balaban J connectivity index is 2.05. The van der Waals surface area contributed by atoms with E-state index in [1.165, 1.54) is 0 Å². The summed E-state index contributed by atoms with van der Waals surface area (Å²) >= 11 is 9.15. The van der Waals surface area contributed by atoms with E-state index in [2.05, 4.69) is 26.2 Å². The lowest BCUT2D eigenvalue weighted by atomic mass is 10.3. The van der Waals surface area contributed by atoms with E-state index >= 15 is 0 Å². The van der Waals surface area contributed by atoms with Gasteiger partial charge in [0.2, 0.25) is 5.88 Å². The number of hydrogen-bond acceptors (Lipinski definition) is 3. The van der Waals surface area contributed by atoms with Crippen molar-refractivity contribution < 1.29 is 4.74 Å². The summed E-state index contributed by atoms with van der Waals surface area (Å²) in [6.07, 6.45) is 2.85. The normalized spacial score (nSPS) is 21.1. The first-order chi connectivity index (χ1) is 6.75. The van der Waals surface area contributed by atoms with Crippen LogP contribution in [0, 0.1) is 0 Å². The molecular weight excluding hydrogens is 267 g/mol. The van der Waals surface area contributed by atoms with E-state index in [1.807, 2.05) is 0 Å². The van der Waals surface area contributed by atoms with Crippen LogP contribution in [0.3, 0.4) is 0 Å². The fourth-order valence-corrected chi connectivity index (χ4v) is 1.76. The minimum Gasteiger partial charge on any atom is -0.473 e. The molecule has 1 fully saturated rings. The fraction of sp³-hybridized carbons (Fsp3) is 0.444. The largest absolute Gasteiger partial charge is 0.473 e. The highest BCUT2D eigenvalue weighted by atomic mass is 79.9. The fourth-order valence-electron chi connectivity index (χ4n) is 1.36. The van der Waals surface area contributed by atoms with Gasteiger partial charge >= 0.3 is 0 Å². The summed E-state index contributed by atoms with van der Waals surface area (Å²) in [6, 6.07) is 1.79. The molecule has 14 heavy (non-hydrogen) atoms. The number of aromatic nitrogens is 1. The maximum Gasteiger partial charge on any atom is 0.214 e. The van der Waals surface area contributed by atoms with Crippen LogP contribution in [0.25, 0.3) is 0 Å². The summed E-state index contributed by atoms with van der Waals surface area (Å²) < 4.78 is 6.46. The molecule has 3 nitrogen and oxygen atoms in total. The summed E-state index contributed by atoms with van der Waals surface area (Å²) in [5.41, 5.74) is 0. The Morgan fingerprint density at radius 3 is 3.14 bits per heavy atom. The van der Waals surface area contributed by atoms with Gasteiger partial charge in [0.05, 0.1) is 11.2 Å². The number of nitrogens with one attached hydrogen (secondary N) is 1. The molecule has 76 valence electrons. The molecule has 0 saturated carbocycles. The van der Waals surface area contributed by atoms with Gasteiger partial charge < -0.3 is 10.1 Å². The van der Waals surface area contributed by atoms with Crippen molar-refractivity contribution in [3.8, 4) is 5.88 Å². The first-order valence-corrected chi connectivity index (χ1v) is 5.61. The summed E-state index contributed by atoms with van der Waals surface area (Å²) in [5, 5.41) is 3.83. The molecule has 5 heteroatoms. The molecule has 1 aromatic rings. The highest BCUT2D eigenvalue weighted by Gasteiger charge is 2.16. The number of nitrogens with zero attached hydrogens (tertiary/aromatic N) is 1. The third kappa shape index (κ3) is 2.38. The number of halogens is 2. The zero-order valence-corrected chi connectivity index (χ0v) is 9.81. The van der Waals surface area contributed by atoms with E-state index in [0.717, 1.165) is 24.0 Å². The second-order valence-electron chi connectivity index (χ2n) is 3.17. The molecule has 0 unspecified atom stereocenters. The maximum absolute atomic E-state index is 5.82. The van der Waals surface area contributed by atoms with Crippen molar-refractivity contribution in [2.75, 3.05) is 13.1 Å². The number of ether oxygens (including phenoxy) is 1. The van der Waals surface area contributed by atoms with Gasteiger partial charge in [0.1, 0.15) is 6.10 Å². The van der Waals surface area contributed by atoms with E-state index < -0.39 is 0 Å². The van der Waals surface area contributed by atoms with Crippen LogP contribution in [0.4, 0.5) is 0 Å². The number of hydrogen-bond donors (Lipinski definition) is 1. The lowest BCUT2D eigenvalue weighted by molar-refractivity contribution is 0.214. The van der Waals surface area contributed by atoms with Crippen molar-refractivity contribution in [2.24, 2.45) is 0 Å². The Morgan fingerprint density at radius 1 is 1.64 bits per heavy atom. The van der Waals surface area contributed by atoms with Crippen LogP contribution >= 0.6 is 27.5 Å². The van der Waals surface area contributed by atoms with Gasteiger partial charge in [-0.1, -0.05) is 11.6 Å². The lowest BCUT2D eigenvalue weighted by Gasteiger charge is -2.11. The summed E-state index contributed by atoms with van der Waals surface area (Å²) in [7, 11) is 0. The highest BCUT2D eigenvalue weighted by Crippen LogP contribution is 2.25. The van der Waals surface area contributed by atoms with Crippen LogP contribution in [0.1, 0.15) is 6.42 Å². The van der Waals surface area contributed by atoms with Crippen LogP contribution in [0.2, 0.25) is 5.02 Å². The topological polar surface area (TPSA) is 34.1 Å². The monoisotopic (exact) mass is 276 g/mol. The van der Waals surface area contributed by atoms with Crippen molar-refractivity contribution in [1.29, 1.82) is 0 Å². The third-order valence-electron chi connectivity index (χ3n) is 2.09. The van der Waals surface area contributed by atoms with Crippen LogP contribution in [-0.4, -0.2) is 24.2 Å². The molecule has 1 atom stereocenters. The SMILES string of the molecule is Clc1cnc(O[C@@H]2CCNC2)cc1Br. The Labute approximate surface area is 95.9 Å². The quantitative estimate of drug-likeness (QED) is 0.900. The smallest absolute Gasteiger partial charge is 0.214 e. The second-order valence-corrected chi connectivity index (χ2v) is 4.43. The molecule has 0 aromatic carbocycles. The average Bonchev–Trinajstić information content (AvgIpc) is 2.64. The van der Waals surface area contributed by atoms with Crippen LogP contribution in [0.15, 0.2) is 16.7 Å². The first kappa shape index (κ1) is 10.2. The molecular formula is C9H10BrClN2O. The molecule has 0 amide bonds. The summed E-state index contributed by atoms with van der Waals surface area (Å²) in [4.78, 5) is 4.09. The Hall–Kier alpha value is -0.320. The second kappa shape index (κ2) is 4.47. The molecule has 1 aliphatic heterocycles. The van der Waals surface area contributed by atoms with Crippen molar-refractivity contribution in [3.05, 3.63) is 21.8 Å². The van der Waals surface area contributed by atoms with Gasteiger partial charge in [0.15, 0.2) is 0 Å². The van der Waals surface area contributed by atoms with Crippen molar-refractivity contribution in [1.82, 2.24) is 10.3 Å². The maximum atomic E-state index is 5.82. The number of pyridine rings is 1. The molecule has 2 rings (SSSR count).